The van der Waals surface area contributed by atoms with Crippen LogP contribution in [0, 0.1) is 11.8 Å². The van der Waals surface area contributed by atoms with E-state index in [4.69, 9.17) is 21.6 Å². The third-order valence-electron chi connectivity index (χ3n) is 4.51. The molecule has 0 spiro atoms. The topological polar surface area (TPSA) is 82.1 Å². The van der Waals surface area contributed by atoms with Gasteiger partial charge in [-0.3, -0.25) is 9.05 Å². The zero-order chi connectivity index (χ0) is 20.9. The van der Waals surface area contributed by atoms with Crippen molar-refractivity contribution in [3.05, 3.63) is 48.0 Å². The van der Waals surface area contributed by atoms with Crippen molar-refractivity contribution >= 4 is 21.6 Å². The van der Waals surface area contributed by atoms with Crippen molar-refractivity contribution in [3.63, 3.8) is 0 Å². The van der Waals surface area contributed by atoms with Gasteiger partial charge in [-0.05, 0) is 38.7 Å². The van der Waals surface area contributed by atoms with Gasteiger partial charge in [0.1, 0.15) is 6.61 Å². The summed E-state index contributed by atoms with van der Waals surface area (Å²) in [5.74, 6) is -1.17. The van der Waals surface area contributed by atoms with Crippen molar-refractivity contribution in [2.45, 2.75) is 58.2 Å². The van der Waals surface area contributed by atoms with Crippen LogP contribution in [0.4, 0.5) is 0 Å². The summed E-state index contributed by atoms with van der Waals surface area (Å²) in [4.78, 5) is 22.1. The van der Waals surface area contributed by atoms with Crippen molar-refractivity contribution in [2.75, 3.05) is 0 Å². The summed E-state index contributed by atoms with van der Waals surface area (Å²) in [5, 5.41) is 0. The molecule has 2 rings (SSSR count). The molecule has 1 aliphatic carbocycles. The van der Waals surface area contributed by atoms with Crippen LogP contribution in [-0.2, 0) is 29.8 Å². The van der Waals surface area contributed by atoms with E-state index in [-0.39, 0.29) is 24.3 Å². The Balaban J connectivity index is 1.98. The van der Waals surface area contributed by atoms with Crippen LogP contribution in [0.15, 0.2) is 42.5 Å². The lowest BCUT2D eigenvalue weighted by atomic mass is 9.79. The zero-order valence-electron chi connectivity index (χ0n) is 16.8. The second-order valence-electron chi connectivity index (χ2n) is 8.12. The van der Waals surface area contributed by atoms with E-state index in [9.17, 15) is 14.3 Å². The number of esters is 1. The van der Waals surface area contributed by atoms with Gasteiger partial charge in [-0.25, -0.2) is 9.36 Å². The number of phosphoric acid groups is 1. The van der Waals surface area contributed by atoms with E-state index in [0.29, 0.717) is 6.42 Å². The van der Waals surface area contributed by atoms with E-state index >= 15 is 0 Å². The zero-order valence-corrected chi connectivity index (χ0v) is 17.7. The van der Waals surface area contributed by atoms with Gasteiger partial charge in [0.15, 0.2) is 0 Å². The molecule has 0 heterocycles. The van der Waals surface area contributed by atoms with E-state index in [0.717, 1.165) is 5.56 Å². The Morgan fingerprint density at radius 1 is 1.32 bits per heavy atom. The third kappa shape index (κ3) is 7.21. The van der Waals surface area contributed by atoms with Gasteiger partial charge in [-0.15, -0.1) is 0 Å². The lowest BCUT2D eigenvalue weighted by Gasteiger charge is -2.28. The molecule has 28 heavy (non-hydrogen) atoms. The van der Waals surface area contributed by atoms with Crippen LogP contribution < -0.4 is 0 Å². The molecule has 1 aromatic carbocycles. The van der Waals surface area contributed by atoms with Crippen molar-refractivity contribution in [2.24, 2.45) is 11.8 Å². The van der Waals surface area contributed by atoms with Crippen molar-refractivity contribution in [1.29, 1.82) is 0 Å². The largest absolute Gasteiger partial charge is 0.472 e. The van der Waals surface area contributed by atoms with E-state index in [1.165, 1.54) is 6.08 Å². The average molecular weight is 406 g/mol. The molecule has 0 amide bonds. The Morgan fingerprint density at radius 2 is 1.96 bits per heavy atom. The van der Waals surface area contributed by atoms with Crippen LogP contribution in [0.1, 0.15) is 39.7 Å². The number of rotatable bonds is 7. The minimum Gasteiger partial charge on any atom is -0.458 e. The Hall–Kier alpha value is -1.40. The number of hydrogen-bond acceptors (Lipinski definition) is 5. The van der Waals surface area contributed by atoms with E-state index in [2.05, 4.69) is 0 Å². The highest BCUT2D eigenvalue weighted by molar-refractivity contribution is 7.47. The Kier molecular flexibility index (Phi) is 7.69. The smallest absolute Gasteiger partial charge is 0.458 e. The summed E-state index contributed by atoms with van der Waals surface area (Å²) in [6, 6.07) is 9.36. The second-order valence-corrected chi connectivity index (χ2v) is 9.45. The molecule has 1 saturated carbocycles. The van der Waals surface area contributed by atoms with Crippen molar-refractivity contribution < 1.29 is 28.0 Å². The minimum atomic E-state index is -4.27. The number of carbonyl (C=O) groups is 1. The fraction of sp³-hybridized carbons (Fsp3) is 0.550. The molecule has 1 aromatic rings. The Bertz CT molecular complexity index is 730. The highest BCUT2D eigenvalue weighted by atomic mass is 31.2. The molecule has 1 fully saturated rings. The standard InChI is InChI=1S/C20H28BO6P/c1-14-17(21)12-16(19(14)26-28(23,24)27-20(2,3)4)10-11-18(22)25-13-15-8-6-5-7-9-15/h5-11,14,16-17,19H,12-13H2,1-4H3,(H,23,24)/b11-10+/t14-,16+,17-,19?/m1/s1. The summed E-state index contributed by atoms with van der Waals surface area (Å²) >= 11 is 0. The quantitative estimate of drug-likeness (QED) is 0.316. The number of phosphoric ester groups is 1. The number of carbonyl (C=O) groups excluding carboxylic acids is 1. The number of ether oxygens (including phenoxy) is 1. The predicted molar refractivity (Wildman–Crippen MR) is 108 cm³/mol. The molecule has 2 unspecified atom stereocenters. The molecule has 0 bridgehead atoms. The summed E-state index contributed by atoms with van der Waals surface area (Å²) in [7, 11) is 1.83. The summed E-state index contributed by atoms with van der Waals surface area (Å²) in [6.45, 7) is 7.04. The highest BCUT2D eigenvalue weighted by Crippen LogP contribution is 2.54. The molecular weight excluding hydrogens is 378 g/mol. The monoisotopic (exact) mass is 406 g/mol. The van der Waals surface area contributed by atoms with Crippen LogP contribution in [0.5, 0.6) is 0 Å². The van der Waals surface area contributed by atoms with Crippen molar-refractivity contribution in [1.82, 2.24) is 0 Å². The summed E-state index contributed by atoms with van der Waals surface area (Å²) < 4.78 is 28.2. The molecule has 1 N–H and O–H groups in total. The van der Waals surface area contributed by atoms with Gasteiger partial charge in [0.25, 0.3) is 0 Å². The number of benzene rings is 1. The SMILES string of the molecule is [B][C@@H]1C[C@H](/C=C/C(=O)OCc2ccccc2)C(OP(=O)(O)OC(C)(C)C)[C@@H]1C. The van der Waals surface area contributed by atoms with E-state index in [1.807, 2.05) is 37.3 Å². The minimum absolute atomic E-state index is 0.168. The fourth-order valence-corrected chi connectivity index (χ4v) is 4.55. The van der Waals surface area contributed by atoms with Gasteiger partial charge in [-0.2, -0.15) is 0 Å². The van der Waals surface area contributed by atoms with Gasteiger partial charge >= 0.3 is 13.8 Å². The van der Waals surface area contributed by atoms with Crippen molar-refractivity contribution in [3.8, 4) is 0 Å². The summed E-state index contributed by atoms with van der Waals surface area (Å²) in [5.41, 5.74) is 0.0587. The first kappa shape index (κ1) is 22.9. The van der Waals surface area contributed by atoms with Crippen LogP contribution in [0.3, 0.4) is 0 Å². The molecular formula is C20H28BO6P. The molecule has 0 saturated heterocycles. The first-order chi connectivity index (χ1) is 13.0. The molecule has 5 atom stereocenters. The van der Waals surface area contributed by atoms with Gasteiger partial charge in [0.2, 0.25) is 0 Å². The molecule has 2 radical (unpaired) electrons. The third-order valence-corrected chi connectivity index (χ3v) is 5.80. The van der Waals surface area contributed by atoms with Gasteiger partial charge in [-0.1, -0.05) is 49.1 Å². The van der Waals surface area contributed by atoms with Gasteiger partial charge < -0.3 is 9.63 Å². The highest BCUT2D eigenvalue weighted by Gasteiger charge is 2.43. The predicted octanol–water partition coefficient (Wildman–Crippen LogP) is 4.20. The van der Waals surface area contributed by atoms with E-state index < -0.39 is 25.5 Å². The molecule has 1 aliphatic rings. The molecule has 0 aliphatic heterocycles. The lowest BCUT2D eigenvalue weighted by molar-refractivity contribution is -0.139. The second kappa shape index (κ2) is 9.40. The average Bonchev–Trinajstić information content (AvgIpc) is 2.84. The Labute approximate surface area is 168 Å². The Morgan fingerprint density at radius 3 is 2.57 bits per heavy atom. The van der Waals surface area contributed by atoms with Crippen LogP contribution in [0.2, 0.25) is 5.82 Å². The first-order valence-corrected chi connectivity index (χ1v) is 10.8. The maximum absolute atomic E-state index is 12.3. The maximum atomic E-state index is 12.3. The number of hydrogen-bond donors (Lipinski definition) is 1. The summed E-state index contributed by atoms with van der Waals surface area (Å²) in [6.07, 6.45) is 2.86. The van der Waals surface area contributed by atoms with Crippen LogP contribution in [0.25, 0.3) is 0 Å². The molecule has 6 nitrogen and oxygen atoms in total. The molecule has 8 heteroatoms. The maximum Gasteiger partial charge on any atom is 0.472 e. The molecule has 152 valence electrons. The van der Waals surface area contributed by atoms with Crippen LogP contribution >= 0.6 is 7.82 Å². The normalized spacial score (nSPS) is 27.6. The van der Waals surface area contributed by atoms with E-state index in [1.54, 1.807) is 26.8 Å². The fourth-order valence-electron chi connectivity index (χ4n) is 3.16. The first-order valence-electron chi connectivity index (χ1n) is 9.33. The van der Waals surface area contributed by atoms with Crippen LogP contribution in [-0.4, -0.2) is 30.4 Å². The van der Waals surface area contributed by atoms with Gasteiger partial charge in [0.05, 0.1) is 19.6 Å². The molecule has 0 aromatic heterocycles. The lowest BCUT2D eigenvalue weighted by Crippen LogP contribution is -2.25. The van der Waals surface area contributed by atoms with Gasteiger partial charge in [0, 0.05) is 12.0 Å².